The number of benzene rings is 2. The van der Waals surface area contributed by atoms with Gasteiger partial charge in [0.05, 0.1) is 11.1 Å². The van der Waals surface area contributed by atoms with E-state index in [0.717, 1.165) is 141 Å². The number of alkyl halides is 6. The molecule has 8 nitrogen and oxygen atoms in total. The Balaban J connectivity index is 0.000000184. The summed E-state index contributed by atoms with van der Waals surface area (Å²) in [5.74, 6) is 0. The molecular weight excluding hydrogens is 771 g/mol. The predicted molar refractivity (Wildman–Crippen MR) is 220 cm³/mol. The first-order valence-electron chi connectivity index (χ1n) is 21.9. The molecule has 2 aromatic carbocycles. The van der Waals surface area contributed by atoms with Crippen molar-refractivity contribution >= 4 is 17.5 Å². The maximum atomic E-state index is 13.9. The molecule has 6 aliphatic rings. The van der Waals surface area contributed by atoms with Crippen LogP contribution >= 0.6 is 0 Å². The van der Waals surface area contributed by atoms with Crippen LogP contribution in [-0.4, -0.2) is 105 Å². The second-order valence-corrected chi connectivity index (χ2v) is 19.1. The highest BCUT2D eigenvalue weighted by Gasteiger charge is 2.44. The second kappa shape index (κ2) is 17.6. The summed E-state index contributed by atoms with van der Waals surface area (Å²) in [6, 6.07) is 9.31. The van der Waals surface area contributed by atoms with Gasteiger partial charge >= 0.3 is 18.4 Å². The quantitative estimate of drug-likeness (QED) is 0.291. The lowest BCUT2D eigenvalue weighted by Gasteiger charge is -2.39. The number of likely N-dealkylation sites (tertiary alicyclic amines) is 3. The van der Waals surface area contributed by atoms with E-state index in [9.17, 15) is 31.1 Å². The van der Waals surface area contributed by atoms with Crippen molar-refractivity contribution in [1.29, 1.82) is 0 Å². The Labute approximate surface area is 346 Å². The fourth-order valence-electron chi connectivity index (χ4n) is 10.6. The number of nitrogens with one attached hydrogen (secondary N) is 1. The van der Waals surface area contributed by atoms with Crippen molar-refractivity contribution in [2.24, 2.45) is 10.8 Å². The van der Waals surface area contributed by atoms with Gasteiger partial charge in [0.2, 0.25) is 0 Å². The minimum atomic E-state index is -4.36. The number of rotatable bonds is 6. The Kier molecular flexibility index (Phi) is 13.1. The number of halogens is 6. The Morgan fingerprint density at radius 3 is 1.42 bits per heavy atom. The van der Waals surface area contributed by atoms with E-state index in [1.165, 1.54) is 18.2 Å². The van der Waals surface area contributed by atoms with Gasteiger partial charge in [0.25, 0.3) is 0 Å². The third-order valence-corrected chi connectivity index (χ3v) is 13.7. The van der Waals surface area contributed by atoms with E-state index in [1.807, 2.05) is 32.9 Å². The first kappa shape index (κ1) is 43.8. The van der Waals surface area contributed by atoms with Crippen LogP contribution in [0.1, 0.15) is 107 Å². The van der Waals surface area contributed by atoms with E-state index in [4.69, 9.17) is 4.74 Å². The first-order chi connectivity index (χ1) is 27.9. The van der Waals surface area contributed by atoms with E-state index in [0.29, 0.717) is 42.7 Å². The van der Waals surface area contributed by atoms with Crippen molar-refractivity contribution in [3.63, 3.8) is 0 Å². The lowest BCUT2D eigenvalue weighted by molar-refractivity contribution is -0.139. The molecule has 6 fully saturated rings. The normalized spacial score (nSPS) is 22.7. The van der Waals surface area contributed by atoms with Gasteiger partial charge in [-0.2, -0.15) is 26.3 Å². The first-order valence-corrected chi connectivity index (χ1v) is 21.9. The summed E-state index contributed by atoms with van der Waals surface area (Å²) in [5, 5.41) is 3.40. The Morgan fingerprint density at radius 2 is 1.02 bits per heavy atom. The number of carbonyl (C=O) groups excluding carboxylic acids is 1. The van der Waals surface area contributed by atoms with E-state index >= 15 is 0 Å². The Hall–Kier alpha value is -3.23. The third kappa shape index (κ3) is 10.6. The molecule has 0 saturated carbocycles. The summed E-state index contributed by atoms with van der Waals surface area (Å²) in [6.07, 6.45) is 1.33. The molecule has 59 heavy (non-hydrogen) atoms. The van der Waals surface area contributed by atoms with E-state index in [2.05, 4.69) is 24.9 Å². The summed E-state index contributed by atoms with van der Waals surface area (Å²) in [5.41, 5.74) is 1.33. The SMILES string of the molecule is CC(C)(C)OC(=O)N1CCC2(CCN(Cc3c(N4CCCC4)cccc3C(F)(F)F)C2)CC1.FC(F)(F)c1cccc(N2CCCC2)c1CN1CCC2(CCNCC2)C1. The Bertz CT molecular complexity index is 1740. The van der Waals surface area contributed by atoms with Crippen LogP contribution in [0.5, 0.6) is 0 Å². The van der Waals surface area contributed by atoms with Gasteiger partial charge in [0.15, 0.2) is 0 Å². The molecule has 0 bridgehead atoms. The molecule has 0 aromatic heterocycles. The van der Waals surface area contributed by atoms with Crippen LogP contribution in [0.2, 0.25) is 0 Å². The number of amides is 1. The van der Waals surface area contributed by atoms with Crippen LogP contribution in [0, 0.1) is 10.8 Å². The second-order valence-electron chi connectivity index (χ2n) is 19.1. The van der Waals surface area contributed by atoms with Gasteiger partial charge in [-0.05, 0) is 146 Å². The third-order valence-electron chi connectivity index (χ3n) is 13.7. The van der Waals surface area contributed by atoms with E-state index in [-0.39, 0.29) is 11.5 Å². The smallest absolute Gasteiger partial charge is 0.416 e. The molecule has 0 atom stereocenters. The molecular formula is C45H64F6N6O2. The van der Waals surface area contributed by atoms with Crippen molar-refractivity contribution in [3.8, 4) is 0 Å². The minimum absolute atomic E-state index is 0.0689. The standard InChI is InChI=1S/C25H36F3N3O2.C20H28F3N3/c1-23(2,3)33-22(32)31-15-10-24(11-16-31)9-14-29(18-24)17-19-20(25(26,27)28)7-6-8-21(19)30-12-4-5-13-30;21-20(22,23)17-4-3-5-18(26-11-1-2-12-26)16(17)14-25-13-8-19(15-25)6-9-24-10-7-19/h6-8H,4-5,9-18H2,1-3H3;3-5,24H,1-2,6-15H2. The molecule has 8 rings (SSSR count). The van der Waals surface area contributed by atoms with E-state index in [1.54, 1.807) is 11.0 Å². The van der Waals surface area contributed by atoms with Gasteiger partial charge in [-0.25, -0.2) is 4.79 Å². The summed E-state index contributed by atoms with van der Waals surface area (Å²) in [6.45, 7) is 16.4. The molecule has 1 amide bonds. The lowest BCUT2D eigenvalue weighted by atomic mass is 9.78. The van der Waals surface area contributed by atoms with Crippen molar-refractivity contribution in [2.45, 2.75) is 116 Å². The Morgan fingerprint density at radius 1 is 0.610 bits per heavy atom. The fourth-order valence-corrected chi connectivity index (χ4v) is 10.6. The van der Waals surface area contributed by atoms with E-state index < -0.39 is 29.1 Å². The topological polar surface area (TPSA) is 54.5 Å². The maximum Gasteiger partial charge on any atom is 0.416 e. The number of hydrogen-bond acceptors (Lipinski definition) is 7. The van der Waals surface area contributed by atoms with Crippen molar-refractivity contribution in [2.75, 3.05) is 88.3 Å². The summed E-state index contributed by atoms with van der Waals surface area (Å²) in [4.78, 5) is 22.9. The number of hydrogen-bond donors (Lipinski definition) is 1. The molecule has 2 spiro atoms. The number of anilines is 2. The van der Waals surface area contributed by atoms with Crippen LogP contribution in [0.4, 0.5) is 42.5 Å². The zero-order valence-electron chi connectivity index (χ0n) is 35.3. The molecule has 0 aliphatic carbocycles. The highest BCUT2D eigenvalue weighted by atomic mass is 19.4. The van der Waals surface area contributed by atoms with Crippen LogP contribution in [0.15, 0.2) is 36.4 Å². The maximum absolute atomic E-state index is 13.9. The highest BCUT2D eigenvalue weighted by molar-refractivity contribution is 5.68. The van der Waals surface area contributed by atoms with Gasteiger partial charge in [-0.3, -0.25) is 9.80 Å². The highest BCUT2D eigenvalue weighted by Crippen LogP contribution is 2.45. The largest absolute Gasteiger partial charge is 0.444 e. The fraction of sp³-hybridized carbons (Fsp3) is 0.711. The van der Waals surface area contributed by atoms with Gasteiger partial charge < -0.3 is 24.8 Å². The summed E-state index contributed by atoms with van der Waals surface area (Å²) >= 11 is 0. The zero-order valence-corrected chi connectivity index (χ0v) is 35.3. The van der Waals surface area contributed by atoms with Gasteiger partial charge in [-0.15, -0.1) is 0 Å². The number of carbonyl (C=O) groups is 1. The van der Waals surface area contributed by atoms with Gasteiger partial charge in [0.1, 0.15) is 5.60 Å². The molecule has 1 N–H and O–H groups in total. The number of piperidine rings is 2. The molecule has 0 unspecified atom stereocenters. The predicted octanol–water partition coefficient (Wildman–Crippen LogP) is 9.41. The zero-order chi connectivity index (χ0) is 42.1. The lowest BCUT2D eigenvalue weighted by Crippen LogP contribution is -2.46. The van der Waals surface area contributed by atoms with Crippen molar-refractivity contribution in [1.82, 2.24) is 20.0 Å². The van der Waals surface area contributed by atoms with Crippen molar-refractivity contribution in [3.05, 3.63) is 58.7 Å². The van der Waals surface area contributed by atoms with Gasteiger partial charge in [0, 0.05) is 87.9 Å². The average Bonchev–Trinajstić information content (AvgIpc) is 4.01. The average molecular weight is 835 g/mol. The molecule has 6 saturated heterocycles. The molecule has 14 heteroatoms. The van der Waals surface area contributed by atoms with Crippen LogP contribution in [0.25, 0.3) is 0 Å². The minimum Gasteiger partial charge on any atom is -0.444 e. The number of ether oxygens (including phenoxy) is 1. The van der Waals surface area contributed by atoms with Gasteiger partial charge in [-0.1, -0.05) is 12.1 Å². The molecule has 0 radical (unpaired) electrons. The summed E-state index contributed by atoms with van der Waals surface area (Å²) < 4.78 is 88.2. The molecule has 328 valence electrons. The molecule has 2 aromatic rings. The van der Waals surface area contributed by atoms with Crippen LogP contribution in [-0.2, 0) is 30.2 Å². The molecule has 6 aliphatic heterocycles. The molecule has 6 heterocycles. The van der Waals surface area contributed by atoms with Crippen molar-refractivity contribution < 1.29 is 35.9 Å². The monoisotopic (exact) mass is 834 g/mol. The number of nitrogens with zero attached hydrogens (tertiary/aromatic N) is 5. The van der Waals surface area contributed by atoms with Crippen LogP contribution < -0.4 is 15.1 Å². The van der Waals surface area contributed by atoms with Crippen LogP contribution in [0.3, 0.4) is 0 Å². The summed E-state index contributed by atoms with van der Waals surface area (Å²) in [7, 11) is 0.